The molecule has 2 rings (SSSR count). The van der Waals surface area contributed by atoms with Crippen LogP contribution in [0.3, 0.4) is 0 Å². The highest BCUT2D eigenvalue weighted by Gasteiger charge is 2.28. The third-order valence-corrected chi connectivity index (χ3v) is 3.60. The first kappa shape index (κ1) is 16.1. The lowest BCUT2D eigenvalue weighted by atomic mass is 10.0. The third kappa shape index (κ3) is 4.36. The minimum atomic E-state index is -2.80. The van der Waals surface area contributed by atoms with Crippen molar-refractivity contribution in [2.24, 2.45) is 5.73 Å². The van der Waals surface area contributed by atoms with Crippen LogP contribution in [0.15, 0.2) is 24.3 Å². The van der Waals surface area contributed by atoms with E-state index in [9.17, 15) is 8.78 Å². The number of nitrogens with zero attached hydrogens (tertiary/aromatic N) is 1. The molecule has 3 atom stereocenters. The van der Waals surface area contributed by atoms with Crippen LogP contribution < -0.4 is 10.5 Å². The van der Waals surface area contributed by atoms with Crippen LogP contribution in [-0.4, -0.2) is 43.4 Å². The summed E-state index contributed by atoms with van der Waals surface area (Å²) in [4.78, 5) is 2.28. The van der Waals surface area contributed by atoms with E-state index < -0.39 is 6.61 Å². The predicted octanol–water partition coefficient (Wildman–Crippen LogP) is 2.40. The third-order valence-electron chi connectivity index (χ3n) is 3.60. The molecule has 1 heterocycles. The van der Waals surface area contributed by atoms with E-state index in [4.69, 9.17) is 10.5 Å². The highest BCUT2D eigenvalue weighted by Crippen LogP contribution is 2.26. The zero-order chi connectivity index (χ0) is 15.4. The Kier molecular flexibility index (Phi) is 5.50. The van der Waals surface area contributed by atoms with Crippen molar-refractivity contribution in [1.82, 2.24) is 4.90 Å². The van der Waals surface area contributed by atoms with Gasteiger partial charge in [0.15, 0.2) is 0 Å². The number of morpholine rings is 1. The topological polar surface area (TPSA) is 47.7 Å². The first-order valence-electron chi connectivity index (χ1n) is 7.14. The summed E-state index contributed by atoms with van der Waals surface area (Å²) in [5.74, 6) is 0.160. The van der Waals surface area contributed by atoms with E-state index in [2.05, 4.69) is 9.64 Å². The zero-order valence-electron chi connectivity index (χ0n) is 12.3. The van der Waals surface area contributed by atoms with Crippen molar-refractivity contribution >= 4 is 0 Å². The molecular formula is C15H22F2N2O2. The van der Waals surface area contributed by atoms with Gasteiger partial charge in [0.2, 0.25) is 0 Å². The van der Waals surface area contributed by atoms with Crippen LogP contribution in [0.4, 0.5) is 8.78 Å². The molecule has 0 aliphatic carbocycles. The largest absolute Gasteiger partial charge is 0.435 e. The number of halogens is 2. The van der Waals surface area contributed by atoms with E-state index in [1.807, 2.05) is 13.8 Å². The lowest BCUT2D eigenvalue weighted by molar-refractivity contribution is -0.0799. The minimum Gasteiger partial charge on any atom is -0.435 e. The molecule has 0 spiro atoms. The van der Waals surface area contributed by atoms with E-state index in [1.165, 1.54) is 0 Å². The van der Waals surface area contributed by atoms with Crippen molar-refractivity contribution in [3.63, 3.8) is 0 Å². The number of hydrogen-bond donors (Lipinski definition) is 1. The highest BCUT2D eigenvalue weighted by molar-refractivity contribution is 5.29. The molecule has 4 nitrogen and oxygen atoms in total. The van der Waals surface area contributed by atoms with Gasteiger partial charge in [-0.2, -0.15) is 8.78 Å². The molecule has 1 fully saturated rings. The molecule has 1 aliphatic heterocycles. The number of nitrogens with two attached hydrogens (primary N) is 1. The van der Waals surface area contributed by atoms with Gasteiger partial charge in [-0.15, -0.1) is 0 Å². The maximum Gasteiger partial charge on any atom is 0.387 e. The lowest BCUT2D eigenvalue weighted by Gasteiger charge is -2.40. The standard InChI is InChI=1S/C15H22F2N2O2/c1-10-8-19(9-11(2)20-10)14(7-18)12-3-5-13(6-4-12)21-15(16)17/h3-6,10-11,14-15H,7-9,18H2,1-2H3. The molecule has 0 bridgehead atoms. The molecule has 1 saturated heterocycles. The van der Waals surface area contributed by atoms with Crippen molar-refractivity contribution < 1.29 is 18.3 Å². The average Bonchev–Trinajstić information content (AvgIpc) is 2.40. The number of benzene rings is 1. The quantitative estimate of drug-likeness (QED) is 0.907. The van der Waals surface area contributed by atoms with Crippen LogP contribution in [0.5, 0.6) is 5.75 Å². The molecule has 0 saturated carbocycles. The summed E-state index contributed by atoms with van der Waals surface area (Å²) in [5, 5.41) is 0. The Morgan fingerprint density at radius 3 is 2.29 bits per heavy atom. The summed E-state index contributed by atoms with van der Waals surface area (Å²) in [6.07, 6.45) is 0.313. The number of rotatable bonds is 5. The molecule has 6 heteroatoms. The summed E-state index contributed by atoms with van der Waals surface area (Å²) >= 11 is 0. The fourth-order valence-electron chi connectivity index (χ4n) is 2.84. The zero-order valence-corrected chi connectivity index (χ0v) is 12.3. The van der Waals surface area contributed by atoms with Crippen molar-refractivity contribution in [3.05, 3.63) is 29.8 Å². The van der Waals surface area contributed by atoms with Crippen LogP contribution in [0.2, 0.25) is 0 Å². The van der Waals surface area contributed by atoms with Gasteiger partial charge in [-0.05, 0) is 31.5 Å². The summed E-state index contributed by atoms with van der Waals surface area (Å²) in [6.45, 7) is 3.35. The Bertz CT molecular complexity index is 432. The molecule has 3 unspecified atom stereocenters. The maximum atomic E-state index is 12.2. The second kappa shape index (κ2) is 7.15. The monoisotopic (exact) mass is 300 g/mol. The summed E-state index contributed by atoms with van der Waals surface area (Å²) in [7, 11) is 0. The van der Waals surface area contributed by atoms with Crippen LogP contribution in [0, 0.1) is 0 Å². The minimum absolute atomic E-state index is 0.0550. The molecule has 0 radical (unpaired) electrons. The molecule has 2 N–H and O–H groups in total. The second-order valence-corrected chi connectivity index (χ2v) is 5.41. The van der Waals surface area contributed by atoms with Crippen LogP contribution >= 0.6 is 0 Å². The van der Waals surface area contributed by atoms with Gasteiger partial charge in [-0.25, -0.2) is 0 Å². The van der Waals surface area contributed by atoms with Gasteiger partial charge >= 0.3 is 6.61 Å². The first-order chi connectivity index (χ1) is 9.99. The van der Waals surface area contributed by atoms with Gasteiger partial charge in [0.25, 0.3) is 0 Å². The molecule has 0 amide bonds. The Balaban J connectivity index is 2.09. The summed E-state index contributed by atoms with van der Waals surface area (Å²) in [5.41, 5.74) is 6.91. The van der Waals surface area contributed by atoms with Gasteiger partial charge in [0.05, 0.1) is 12.2 Å². The van der Waals surface area contributed by atoms with Gasteiger partial charge in [-0.1, -0.05) is 12.1 Å². The smallest absolute Gasteiger partial charge is 0.387 e. The van der Waals surface area contributed by atoms with Gasteiger partial charge in [0.1, 0.15) is 5.75 Å². The fraction of sp³-hybridized carbons (Fsp3) is 0.600. The highest BCUT2D eigenvalue weighted by atomic mass is 19.3. The van der Waals surface area contributed by atoms with Crippen molar-refractivity contribution in [2.75, 3.05) is 19.6 Å². The SMILES string of the molecule is CC1CN(C(CN)c2ccc(OC(F)F)cc2)CC(C)O1. The van der Waals surface area contributed by atoms with E-state index in [-0.39, 0.29) is 24.0 Å². The van der Waals surface area contributed by atoms with Gasteiger partial charge in [0, 0.05) is 25.7 Å². The Hall–Kier alpha value is -1.24. The average molecular weight is 300 g/mol. The maximum absolute atomic E-state index is 12.2. The molecule has 1 aliphatic rings. The summed E-state index contributed by atoms with van der Waals surface area (Å²) < 4.78 is 34.4. The molecule has 118 valence electrons. The molecule has 1 aromatic carbocycles. The van der Waals surface area contributed by atoms with Crippen LogP contribution in [-0.2, 0) is 4.74 Å². The second-order valence-electron chi connectivity index (χ2n) is 5.41. The fourth-order valence-corrected chi connectivity index (χ4v) is 2.84. The Labute approximate surface area is 123 Å². The van der Waals surface area contributed by atoms with Crippen molar-refractivity contribution in [2.45, 2.75) is 38.7 Å². The molecule has 0 aromatic heterocycles. The number of alkyl halides is 2. The van der Waals surface area contributed by atoms with Crippen LogP contribution in [0.1, 0.15) is 25.5 Å². The number of hydrogen-bond acceptors (Lipinski definition) is 4. The van der Waals surface area contributed by atoms with Gasteiger partial charge < -0.3 is 15.2 Å². The van der Waals surface area contributed by atoms with Gasteiger partial charge in [-0.3, -0.25) is 4.90 Å². The molecule has 21 heavy (non-hydrogen) atoms. The van der Waals surface area contributed by atoms with Crippen molar-refractivity contribution in [3.8, 4) is 5.75 Å². The van der Waals surface area contributed by atoms with Crippen LogP contribution in [0.25, 0.3) is 0 Å². The van der Waals surface area contributed by atoms with E-state index >= 15 is 0 Å². The van der Waals surface area contributed by atoms with E-state index in [0.717, 1.165) is 18.7 Å². The first-order valence-corrected chi connectivity index (χ1v) is 7.14. The Morgan fingerprint density at radius 1 is 1.24 bits per heavy atom. The summed E-state index contributed by atoms with van der Waals surface area (Å²) in [6, 6.07) is 6.74. The number of ether oxygens (including phenoxy) is 2. The normalized spacial score (nSPS) is 25.0. The van der Waals surface area contributed by atoms with E-state index in [0.29, 0.717) is 6.54 Å². The predicted molar refractivity (Wildman–Crippen MR) is 76.5 cm³/mol. The van der Waals surface area contributed by atoms with E-state index in [1.54, 1.807) is 24.3 Å². The Morgan fingerprint density at radius 2 is 1.81 bits per heavy atom. The molecule has 1 aromatic rings. The lowest BCUT2D eigenvalue weighted by Crippen LogP contribution is -2.48. The van der Waals surface area contributed by atoms with Crippen molar-refractivity contribution in [1.29, 1.82) is 0 Å². The molecular weight excluding hydrogens is 278 g/mol.